The van der Waals surface area contributed by atoms with Crippen LogP contribution in [0.1, 0.15) is 20.3 Å². The second kappa shape index (κ2) is 10.4. The molecule has 0 fully saturated rings. The van der Waals surface area contributed by atoms with E-state index in [2.05, 4.69) is 10.6 Å². The summed E-state index contributed by atoms with van der Waals surface area (Å²) < 4.78 is 0. The molecular weight excluding hydrogens is 444 g/mol. The number of hydrogen-bond acceptors (Lipinski definition) is 6. The molecule has 0 aliphatic carbocycles. The maximum absolute atomic E-state index is 13.2. The number of rotatable bonds is 6. The zero-order chi connectivity index (χ0) is 24.9. The van der Waals surface area contributed by atoms with Gasteiger partial charge in [0.2, 0.25) is 11.8 Å². The molecule has 8 nitrogen and oxygen atoms in total. The lowest BCUT2D eigenvalue weighted by atomic mass is 9.90. The fraction of sp³-hybridized carbons (Fsp3) is 0.259. The van der Waals surface area contributed by atoms with E-state index in [1.807, 2.05) is 60.7 Å². The summed E-state index contributed by atoms with van der Waals surface area (Å²) in [6.45, 7) is 3.29. The Morgan fingerprint density at radius 2 is 1.03 bits per heavy atom. The lowest BCUT2D eigenvalue weighted by Crippen LogP contribution is -2.44. The summed E-state index contributed by atoms with van der Waals surface area (Å²) >= 11 is 0. The molecule has 2 N–H and O–H groups in total. The Hall–Kier alpha value is -4.20. The number of hydrogen-bond donors (Lipinski definition) is 2. The number of benzene rings is 2. The van der Waals surface area contributed by atoms with Gasteiger partial charge in [0.1, 0.15) is 0 Å². The summed E-state index contributed by atoms with van der Waals surface area (Å²) in [6.07, 6.45) is 0.111. The van der Waals surface area contributed by atoms with Crippen LogP contribution in [0, 0.1) is 0 Å². The van der Waals surface area contributed by atoms with E-state index in [1.54, 1.807) is 0 Å². The minimum Gasteiger partial charge on any atom is -0.357 e. The van der Waals surface area contributed by atoms with Crippen LogP contribution in [0.4, 0.5) is 11.4 Å². The van der Waals surface area contributed by atoms with E-state index in [1.165, 1.54) is 23.6 Å². The summed E-state index contributed by atoms with van der Waals surface area (Å²) in [6, 6.07) is 18.8. The standard InChI is InChI=1S/C27H28N4O4/c1-18(32)30-14-24(28-20-9-5-3-6-10-20)22(26(34)16-30)13-23-25(29-21-11-7-4-8-12-21)15-31(19(2)33)17-27(23)35/h3-12,28-29H,13-17H2,1-2H3. The molecule has 4 rings (SSSR count). The van der Waals surface area contributed by atoms with Crippen molar-refractivity contribution < 1.29 is 19.2 Å². The van der Waals surface area contributed by atoms with E-state index >= 15 is 0 Å². The second-order valence-corrected chi connectivity index (χ2v) is 8.67. The molecular formula is C27H28N4O4. The number of nitrogens with one attached hydrogen (secondary N) is 2. The number of para-hydroxylation sites is 2. The Labute approximate surface area is 204 Å². The molecule has 2 aromatic rings. The topological polar surface area (TPSA) is 98.8 Å². The predicted molar refractivity (Wildman–Crippen MR) is 133 cm³/mol. The van der Waals surface area contributed by atoms with Gasteiger partial charge in [-0.05, 0) is 24.3 Å². The molecule has 2 aliphatic heterocycles. The van der Waals surface area contributed by atoms with Crippen molar-refractivity contribution in [3.05, 3.63) is 83.2 Å². The van der Waals surface area contributed by atoms with Crippen molar-refractivity contribution >= 4 is 34.8 Å². The fourth-order valence-electron chi connectivity index (χ4n) is 4.21. The van der Waals surface area contributed by atoms with Gasteiger partial charge in [0.15, 0.2) is 11.6 Å². The van der Waals surface area contributed by atoms with Gasteiger partial charge in [0, 0.05) is 54.2 Å². The minimum absolute atomic E-state index is 0.0346. The van der Waals surface area contributed by atoms with E-state index in [-0.39, 0.29) is 56.0 Å². The Morgan fingerprint density at radius 3 is 1.37 bits per heavy atom. The highest BCUT2D eigenvalue weighted by Crippen LogP contribution is 2.28. The lowest BCUT2D eigenvalue weighted by molar-refractivity contribution is -0.133. The second-order valence-electron chi connectivity index (χ2n) is 8.67. The number of ketones is 2. The summed E-state index contributed by atoms with van der Waals surface area (Å²) in [7, 11) is 0. The van der Waals surface area contributed by atoms with E-state index in [0.29, 0.717) is 22.5 Å². The maximum Gasteiger partial charge on any atom is 0.220 e. The summed E-state index contributed by atoms with van der Waals surface area (Å²) in [4.78, 5) is 53.5. The molecule has 0 spiro atoms. The van der Waals surface area contributed by atoms with Crippen molar-refractivity contribution in [2.75, 3.05) is 36.8 Å². The van der Waals surface area contributed by atoms with Gasteiger partial charge in [-0.25, -0.2) is 0 Å². The molecule has 0 unspecified atom stereocenters. The minimum atomic E-state index is -0.210. The summed E-state index contributed by atoms with van der Waals surface area (Å²) in [5, 5.41) is 6.58. The molecule has 180 valence electrons. The van der Waals surface area contributed by atoms with Crippen LogP contribution in [0.25, 0.3) is 0 Å². The highest BCUT2D eigenvalue weighted by molar-refractivity contribution is 6.06. The molecule has 2 aliphatic rings. The Bertz CT molecular complexity index is 1120. The van der Waals surface area contributed by atoms with Crippen LogP contribution in [0.15, 0.2) is 83.2 Å². The zero-order valence-corrected chi connectivity index (χ0v) is 19.8. The first-order valence-corrected chi connectivity index (χ1v) is 11.5. The maximum atomic E-state index is 13.2. The Balaban J connectivity index is 1.74. The van der Waals surface area contributed by atoms with Crippen LogP contribution in [-0.2, 0) is 19.2 Å². The van der Waals surface area contributed by atoms with Gasteiger partial charge in [-0.3, -0.25) is 19.2 Å². The molecule has 0 saturated heterocycles. The highest BCUT2D eigenvalue weighted by atomic mass is 16.2. The molecule has 0 atom stereocenters. The quantitative estimate of drug-likeness (QED) is 0.671. The van der Waals surface area contributed by atoms with Gasteiger partial charge >= 0.3 is 0 Å². The summed E-state index contributed by atoms with van der Waals surface area (Å²) in [5.41, 5.74) is 3.70. The average molecular weight is 473 g/mol. The average Bonchev–Trinajstić information content (AvgIpc) is 2.83. The first-order chi connectivity index (χ1) is 16.8. The molecule has 2 amide bonds. The van der Waals surface area contributed by atoms with Crippen molar-refractivity contribution in [2.24, 2.45) is 0 Å². The van der Waals surface area contributed by atoms with Crippen LogP contribution < -0.4 is 10.6 Å². The smallest absolute Gasteiger partial charge is 0.220 e. The van der Waals surface area contributed by atoms with Crippen molar-refractivity contribution in [2.45, 2.75) is 20.3 Å². The number of Topliss-reactive ketones (excluding diaryl/α,β-unsaturated/α-hetero) is 2. The molecule has 8 heteroatoms. The highest BCUT2D eigenvalue weighted by Gasteiger charge is 2.33. The lowest BCUT2D eigenvalue weighted by Gasteiger charge is -2.33. The SMILES string of the molecule is CC(=O)N1CC(=O)C(CC2=C(Nc3ccccc3)CN(C(C)=O)CC2=O)=C(Nc2ccccc2)C1. The van der Waals surface area contributed by atoms with Gasteiger partial charge in [-0.15, -0.1) is 0 Å². The molecule has 0 bridgehead atoms. The molecule has 0 radical (unpaired) electrons. The first kappa shape index (κ1) is 23.9. The first-order valence-electron chi connectivity index (χ1n) is 11.5. The molecule has 0 saturated carbocycles. The molecule has 2 aromatic carbocycles. The van der Waals surface area contributed by atoms with Crippen LogP contribution in [0.2, 0.25) is 0 Å². The van der Waals surface area contributed by atoms with Crippen LogP contribution >= 0.6 is 0 Å². The molecule has 0 aromatic heterocycles. The number of nitrogens with zero attached hydrogens (tertiary/aromatic N) is 2. The third kappa shape index (κ3) is 5.66. The number of carbonyl (C=O) groups excluding carboxylic acids is 4. The van der Waals surface area contributed by atoms with Crippen LogP contribution in [-0.4, -0.2) is 59.4 Å². The normalized spacial score (nSPS) is 16.5. The van der Waals surface area contributed by atoms with E-state index in [4.69, 9.17) is 0 Å². The van der Waals surface area contributed by atoms with Crippen LogP contribution in [0.5, 0.6) is 0 Å². The zero-order valence-electron chi connectivity index (χ0n) is 19.8. The fourth-order valence-corrected chi connectivity index (χ4v) is 4.21. The van der Waals surface area contributed by atoms with E-state index in [9.17, 15) is 19.2 Å². The Kier molecular flexibility index (Phi) is 7.10. The third-order valence-electron chi connectivity index (χ3n) is 6.15. The number of carbonyl (C=O) groups is 4. The Morgan fingerprint density at radius 1 is 0.657 bits per heavy atom. The van der Waals surface area contributed by atoms with Crippen molar-refractivity contribution in [3.63, 3.8) is 0 Å². The molecule has 2 heterocycles. The van der Waals surface area contributed by atoms with E-state index in [0.717, 1.165) is 11.4 Å². The third-order valence-corrected chi connectivity index (χ3v) is 6.15. The van der Waals surface area contributed by atoms with Gasteiger partial charge in [-0.1, -0.05) is 36.4 Å². The van der Waals surface area contributed by atoms with Crippen LogP contribution in [0.3, 0.4) is 0 Å². The summed E-state index contributed by atoms with van der Waals surface area (Å²) in [5.74, 6) is -0.806. The van der Waals surface area contributed by atoms with Gasteiger partial charge in [0.05, 0.1) is 26.2 Å². The largest absolute Gasteiger partial charge is 0.357 e. The van der Waals surface area contributed by atoms with Gasteiger partial charge in [-0.2, -0.15) is 0 Å². The monoisotopic (exact) mass is 472 g/mol. The van der Waals surface area contributed by atoms with Crippen molar-refractivity contribution in [3.8, 4) is 0 Å². The number of anilines is 2. The van der Waals surface area contributed by atoms with E-state index < -0.39 is 0 Å². The van der Waals surface area contributed by atoms with Gasteiger partial charge < -0.3 is 20.4 Å². The van der Waals surface area contributed by atoms with Crippen molar-refractivity contribution in [1.82, 2.24) is 9.80 Å². The van der Waals surface area contributed by atoms with Gasteiger partial charge in [0.25, 0.3) is 0 Å². The predicted octanol–water partition coefficient (Wildman–Crippen LogP) is 2.97. The molecule has 35 heavy (non-hydrogen) atoms. The number of amides is 2. The van der Waals surface area contributed by atoms with Crippen molar-refractivity contribution in [1.29, 1.82) is 0 Å².